The van der Waals surface area contributed by atoms with E-state index in [9.17, 15) is 27.2 Å². The molecule has 0 saturated carbocycles. The van der Waals surface area contributed by atoms with Gasteiger partial charge in [-0.05, 0) is 24.3 Å². The fraction of sp³-hybridized carbons (Fsp3) is 0.389. The van der Waals surface area contributed by atoms with Crippen LogP contribution in [0.3, 0.4) is 0 Å². The van der Waals surface area contributed by atoms with E-state index in [0.717, 1.165) is 16.8 Å². The first-order valence-electron chi connectivity index (χ1n) is 8.77. The predicted octanol–water partition coefficient (Wildman–Crippen LogP) is 3.01. The zero-order valence-corrected chi connectivity index (χ0v) is 15.4. The summed E-state index contributed by atoms with van der Waals surface area (Å²) in [7, 11) is 1.46. The summed E-state index contributed by atoms with van der Waals surface area (Å²) < 4.78 is 58.4. The number of amides is 2. The van der Waals surface area contributed by atoms with Crippen LogP contribution in [0.25, 0.3) is 0 Å². The number of hydrogen-bond donors (Lipinski definition) is 1. The number of rotatable bonds is 3. The minimum Gasteiger partial charge on any atom is -0.490 e. The maximum Gasteiger partial charge on any atom is 0.419 e. The van der Waals surface area contributed by atoms with Gasteiger partial charge in [0, 0.05) is 39.2 Å². The fourth-order valence-corrected chi connectivity index (χ4v) is 2.96. The number of nitrogens with one attached hydrogen (secondary N) is 1. The maximum absolute atomic E-state index is 13.4. The van der Waals surface area contributed by atoms with Crippen molar-refractivity contribution in [3.05, 3.63) is 52.2 Å². The number of carbonyl (C=O) groups is 1. The van der Waals surface area contributed by atoms with Crippen LogP contribution in [0.2, 0.25) is 0 Å². The fourth-order valence-electron chi connectivity index (χ4n) is 2.96. The van der Waals surface area contributed by atoms with Gasteiger partial charge in [-0.1, -0.05) is 0 Å². The van der Waals surface area contributed by atoms with Gasteiger partial charge < -0.3 is 15.0 Å². The number of aryl methyl sites for hydroxylation is 1. The molecule has 1 aromatic carbocycles. The van der Waals surface area contributed by atoms with Crippen molar-refractivity contribution < 1.29 is 27.1 Å². The van der Waals surface area contributed by atoms with Gasteiger partial charge in [0.25, 0.3) is 5.56 Å². The Bertz CT molecular complexity index is 953. The van der Waals surface area contributed by atoms with Gasteiger partial charge in [0.1, 0.15) is 23.4 Å². The summed E-state index contributed by atoms with van der Waals surface area (Å²) in [6, 6.07) is 3.42. The molecule has 29 heavy (non-hydrogen) atoms. The average Bonchev–Trinajstić information content (AvgIpc) is 2.66. The molecule has 0 spiro atoms. The van der Waals surface area contributed by atoms with Crippen molar-refractivity contribution in [2.24, 2.45) is 7.05 Å². The summed E-state index contributed by atoms with van der Waals surface area (Å²) in [5, 5.41) is 6.29. The van der Waals surface area contributed by atoms with Crippen LogP contribution >= 0.6 is 0 Å². The lowest BCUT2D eigenvalue weighted by Crippen LogP contribution is -2.44. The van der Waals surface area contributed by atoms with Crippen LogP contribution in [0.5, 0.6) is 5.75 Å². The molecule has 1 fully saturated rings. The number of hydrogen-bond acceptors (Lipinski definition) is 4. The van der Waals surface area contributed by atoms with E-state index in [4.69, 9.17) is 4.74 Å². The van der Waals surface area contributed by atoms with Crippen molar-refractivity contribution in [3.8, 4) is 5.75 Å². The quantitative estimate of drug-likeness (QED) is 0.784. The number of carbonyl (C=O) groups excluding carboxylic acids is 1. The zero-order chi connectivity index (χ0) is 21.2. The molecule has 0 radical (unpaired) electrons. The lowest BCUT2D eigenvalue weighted by Gasteiger charge is -2.32. The van der Waals surface area contributed by atoms with E-state index >= 15 is 0 Å². The number of piperidine rings is 1. The number of ether oxygens (including phenoxy) is 1. The van der Waals surface area contributed by atoms with Gasteiger partial charge in [0.15, 0.2) is 0 Å². The van der Waals surface area contributed by atoms with Crippen molar-refractivity contribution >= 4 is 11.7 Å². The average molecular weight is 414 g/mol. The van der Waals surface area contributed by atoms with Gasteiger partial charge >= 0.3 is 12.2 Å². The highest BCUT2D eigenvalue weighted by atomic mass is 19.4. The number of benzene rings is 1. The molecule has 1 saturated heterocycles. The van der Waals surface area contributed by atoms with Crippen LogP contribution in [0, 0.1) is 5.82 Å². The lowest BCUT2D eigenvalue weighted by molar-refractivity contribution is -0.140. The van der Waals surface area contributed by atoms with Crippen LogP contribution < -0.4 is 15.6 Å². The summed E-state index contributed by atoms with van der Waals surface area (Å²) in [4.78, 5) is 25.7. The Kier molecular flexibility index (Phi) is 5.76. The molecule has 2 heterocycles. The molecule has 7 nitrogen and oxygen atoms in total. The van der Waals surface area contributed by atoms with E-state index < -0.39 is 35.3 Å². The second kappa shape index (κ2) is 8.10. The van der Waals surface area contributed by atoms with Crippen LogP contribution in [0.1, 0.15) is 18.4 Å². The predicted molar refractivity (Wildman–Crippen MR) is 95.1 cm³/mol. The van der Waals surface area contributed by atoms with Crippen LogP contribution in [-0.4, -0.2) is 39.9 Å². The minimum atomic E-state index is -4.81. The summed E-state index contributed by atoms with van der Waals surface area (Å²) in [5.74, 6) is -1.44. The SMILES string of the molecule is Cn1nccc(NC(=O)N2CCC(Oc3ccc(F)c(C(F)(F)F)c3)CC2)c1=O. The van der Waals surface area contributed by atoms with Gasteiger partial charge in [-0.25, -0.2) is 13.9 Å². The minimum absolute atomic E-state index is 0.0816. The molecular formula is C18H18F4N4O3. The summed E-state index contributed by atoms with van der Waals surface area (Å²) >= 11 is 0. The molecule has 1 aliphatic rings. The molecule has 1 aromatic heterocycles. The third-order valence-electron chi connectivity index (χ3n) is 4.52. The topological polar surface area (TPSA) is 76.5 Å². The second-order valence-electron chi connectivity index (χ2n) is 6.55. The first-order chi connectivity index (χ1) is 13.6. The number of anilines is 1. The summed E-state index contributed by atoms with van der Waals surface area (Å²) in [5.41, 5.74) is -1.74. The molecule has 1 N–H and O–H groups in total. The highest BCUT2D eigenvalue weighted by Gasteiger charge is 2.35. The van der Waals surface area contributed by atoms with E-state index in [1.165, 1.54) is 24.2 Å². The van der Waals surface area contributed by atoms with Crippen molar-refractivity contribution in [2.75, 3.05) is 18.4 Å². The molecule has 0 bridgehead atoms. The third-order valence-corrected chi connectivity index (χ3v) is 4.52. The monoisotopic (exact) mass is 414 g/mol. The summed E-state index contributed by atoms with van der Waals surface area (Å²) in [6.45, 7) is 0.574. The molecule has 3 rings (SSSR count). The van der Waals surface area contributed by atoms with Crippen LogP contribution in [-0.2, 0) is 13.2 Å². The Labute approximate surface area is 162 Å². The van der Waals surface area contributed by atoms with Gasteiger partial charge in [0.05, 0.1) is 5.56 Å². The Hall–Kier alpha value is -3.11. The van der Waals surface area contributed by atoms with E-state index in [1.807, 2.05) is 0 Å². The van der Waals surface area contributed by atoms with Crippen molar-refractivity contribution in [1.29, 1.82) is 0 Å². The molecule has 156 valence electrons. The molecule has 0 aliphatic carbocycles. The Morgan fingerprint density at radius 3 is 2.59 bits per heavy atom. The summed E-state index contributed by atoms with van der Waals surface area (Å²) in [6.07, 6.45) is -3.09. The number of alkyl halides is 3. The van der Waals surface area contributed by atoms with Gasteiger partial charge in [-0.2, -0.15) is 18.3 Å². The normalized spacial score (nSPS) is 15.3. The lowest BCUT2D eigenvalue weighted by atomic mass is 10.1. The smallest absolute Gasteiger partial charge is 0.419 e. The maximum atomic E-state index is 13.4. The molecule has 11 heteroatoms. The Morgan fingerprint density at radius 2 is 1.93 bits per heavy atom. The van der Waals surface area contributed by atoms with E-state index in [2.05, 4.69) is 10.4 Å². The number of aromatic nitrogens is 2. The van der Waals surface area contributed by atoms with E-state index in [0.29, 0.717) is 18.9 Å². The van der Waals surface area contributed by atoms with E-state index in [-0.39, 0.29) is 24.5 Å². The van der Waals surface area contributed by atoms with Crippen LogP contribution in [0.4, 0.5) is 28.0 Å². The second-order valence-corrected chi connectivity index (χ2v) is 6.55. The number of halogens is 4. The third kappa shape index (κ3) is 4.84. The van der Waals surface area contributed by atoms with Crippen molar-refractivity contribution in [3.63, 3.8) is 0 Å². The first kappa shape index (κ1) is 20.6. The van der Waals surface area contributed by atoms with Gasteiger partial charge in [0.2, 0.25) is 0 Å². The van der Waals surface area contributed by atoms with Crippen molar-refractivity contribution in [1.82, 2.24) is 14.7 Å². The zero-order valence-electron chi connectivity index (χ0n) is 15.4. The number of urea groups is 1. The first-order valence-corrected chi connectivity index (χ1v) is 8.77. The standard InChI is InChI=1S/C18H18F4N4O3/c1-25-16(27)15(4-7-23-25)24-17(28)26-8-5-11(6-9-26)29-12-2-3-14(19)13(10-12)18(20,21)22/h2-4,7,10-11H,5-6,8-9H2,1H3,(H,24,28). The Balaban J connectivity index is 1.57. The largest absolute Gasteiger partial charge is 0.490 e. The highest BCUT2D eigenvalue weighted by molar-refractivity contribution is 5.89. The molecule has 1 aliphatic heterocycles. The molecule has 0 atom stereocenters. The molecule has 2 aromatic rings. The van der Waals surface area contributed by atoms with Gasteiger partial charge in [-0.3, -0.25) is 4.79 Å². The highest BCUT2D eigenvalue weighted by Crippen LogP contribution is 2.34. The van der Waals surface area contributed by atoms with Gasteiger partial charge in [-0.15, -0.1) is 0 Å². The molecule has 2 amide bonds. The Morgan fingerprint density at radius 1 is 1.24 bits per heavy atom. The number of nitrogens with zero attached hydrogens (tertiary/aromatic N) is 3. The molecular weight excluding hydrogens is 396 g/mol. The van der Waals surface area contributed by atoms with Crippen LogP contribution in [0.15, 0.2) is 35.3 Å². The van der Waals surface area contributed by atoms with E-state index in [1.54, 1.807) is 0 Å². The van der Waals surface area contributed by atoms with Crippen molar-refractivity contribution in [2.45, 2.75) is 25.1 Å². The number of likely N-dealkylation sites (tertiary alicyclic amines) is 1. The molecule has 0 unspecified atom stereocenters.